The van der Waals surface area contributed by atoms with Crippen LogP contribution in [-0.4, -0.2) is 29.2 Å². The Labute approximate surface area is 126 Å². The first kappa shape index (κ1) is 14.3. The monoisotopic (exact) mass is 285 g/mol. The van der Waals surface area contributed by atoms with Crippen LogP contribution in [0.5, 0.6) is 0 Å². The van der Waals surface area contributed by atoms with Gasteiger partial charge in [0.25, 0.3) is 5.91 Å². The zero-order chi connectivity index (χ0) is 15.0. The van der Waals surface area contributed by atoms with Crippen molar-refractivity contribution in [3.8, 4) is 0 Å². The smallest absolute Gasteiger partial charge is 0.254 e. The zero-order valence-corrected chi connectivity index (χ0v) is 12.9. The first-order valence-electron chi connectivity index (χ1n) is 7.99. The molecule has 1 saturated carbocycles. The Morgan fingerprint density at radius 3 is 2.71 bits per heavy atom. The number of benzene rings is 1. The van der Waals surface area contributed by atoms with Crippen molar-refractivity contribution in [2.24, 2.45) is 5.92 Å². The molecule has 1 saturated heterocycles. The molecule has 1 amide bonds. The zero-order valence-electron chi connectivity index (χ0n) is 12.9. The second-order valence-corrected chi connectivity index (χ2v) is 6.49. The molecule has 2 unspecified atom stereocenters. The van der Waals surface area contributed by atoms with E-state index >= 15 is 0 Å². The normalized spacial score (nSPS) is 25.6. The summed E-state index contributed by atoms with van der Waals surface area (Å²) in [5, 5.41) is 0. The van der Waals surface area contributed by atoms with Crippen molar-refractivity contribution in [2.45, 2.75) is 52.0 Å². The summed E-state index contributed by atoms with van der Waals surface area (Å²) >= 11 is 0. The average molecular weight is 285 g/mol. The van der Waals surface area contributed by atoms with Crippen LogP contribution in [0.3, 0.4) is 0 Å². The van der Waals surface area contributed by atoms with Crippen LogP contribution in [0.15, 0.2) is 18.2 Å². The summed E-state index contributed by atoms with van der Waals surface area (Å²) in [7, 11) is 0. The Kier molecular flexibility index (Phi) is 3.83. The first-order chi connectivity index (χ1) is 10.1. The molecule has 0 N–H and O–H groups in total. The molecule has 0 radical (unpaired) electrons. The second kappa shape index (κ2) is 5.63. The number of aryl methyl sites for hydroxylation is 2. The molecular formula is C18H23NO2. The van der Waals surface area contributed by atoms with Crippen molar-refractivity contribution in [1.29, 1.82) is 0 Å². The van der Waals surface area contributed by atoms with Crippen molar-refractivity contribution < 1.29 is 9.59 Å². The Balaban J connectivity index is 1.86. The van der Waals surface area contributed by atoms with Gasteiger partial charge in [-0.2, -0.15) is 0 Å². The maximum Gasteiger partial charge on any atom is 0.254 e. The molecule has 0 spiro atoms. The highest BCUT2D eigenvalue weighted by Gasteiger charge is 2.40. The molecule has 3 nitrogen and oxygen atoms in total. The van der Waals surface area contributed by atoms with E-state index in [4.69, 9.17) is 0 Å². The minimum absolute atomic E-state index is 0.0848. The first-order valence-corrected chi connectivity index (χ1v) is 7.99. The van der Waals surface area contributed by atoms with E-state index in [2.05, 4.69) is 0 Å². The summed E-state index contributed by atoms with van der Waals surface area (Å²) in [4.78, 5) is 26.9. The lowest BCUT2D eigenvalue weighted by Gasteiger charge is -2.29. The van der Waals surface area contributed by atoms with E-state index in [0.29, 0.717) is 12.2 Å². The summed E-state index contributed by atoms with van der Waals surface area (Å²) in [5.41, 5.74) is 2.93. The molecule has 2 atom stereocenters. The number of rotatable bonds is 2. The fourth-order valence-corrected chi connectivity index (χ4v) is 3.83. The minimum Gasteiger partial charge on any atom is -0.335 e. The lowest BCUT2D eigenvalue weighted by atomic mass is 9.94. The van der Waals surface area contributed by atoms with Gasteiger partial charge in [0, 0.05) is 30.5 Å². The third kappa shape index (κ3) is 2.61. The Morgan fingerprint density at radius 2 is 2.00 bits per heavy atom. The van der Waals surface area contributed by atoms with Crippen molar-refractivity contribution in [3.63, 3.8) is 0 Å². The number of hydrogen-bond donors (Lipinski definition) is 0. The molecular weight excluding hydrogens is 262 g/mol. The lowest BCUT2D eigenvalue weighted by molar-refractivity contribution is -0.121. The van der Waals surface area contributed by atoms with Gasteiger partial charge in [-0.1, -0.05) is 17.7 Å². The summed E-state index contributed by atoms with van der Waals surface area (Å²) in [6.07, 6.45) is 4.65. The third-order valence-electron chi connectivity index (χ3n) is 5.00. The van der Waals surface area contributed by atoms with E-state index in [0.717, 1.165) is 48.9 Å². The number of carbonyl (C=O) groups excluding carboxylic acids is 2. The van der Waals surface area contributed by atoms with Gasteiger partial charge in [-0.25, -0.2) is 0 Å². The minimum atomic E-state index is 0.0848. The molecule has 2 aliphatic rings. The molecule has 21 heavy (non-hydrogen) atoms. The van der Waals surface area contributed by atoms with Gasteiger partial charge in [-0.15, -0.1) is 0 Å². The molecule has 0 bridgehead atoms. The number of hydrogen-bond acceptors (Lipinski definition) is 2. The Hall–Kier alpha value is -1.64. The highest BCUT2D eigenvalue weighted by Crippen LogP contribution is 2.34. The van der Waals surface area contributed by atoms with Crippen LogP contribution >= 0.6 is 0 Å². The van der Waals surface area contributed by atoms with Crippen LogP contribution in [0, 0.1) is 19.8 Å². The molecule has 3 heteroatoms. The molecule has 1 aliphatic carbocycles. The van der Waals surface area contributed by atoms with Crippen LogP contribution < -0.4 is 0 Å². The van der Waals surface area contributed by atoms with Crippen LogP contribution in [0.1, 0.15) is 53.6 Å². The van der Waals surface area contributed by atoms with Crippen LogP contribution in [-0.2, 0) is 4.79 Å². The fourth-order valence-electron chi connectivity index (χ4n) is 3.83. The molecule has 3 rings (SSSR count). The second-order valence-electron chi connectivity index (χ2n) is 6.49. The lowest BCUT2D eigenvalue weighted by Crippen LogP contribution is -2.41. The standard InChI is InChI=1S/C18H23NO2/c1-12-8-9-13(2)15(11-12)18(21)19-10-4-6-16(19)14-5-3-7-17(14)20/h8-9,11,14,16H,3-7,10H2,1-2H3. The van der Waals surface area contributed by atoms with Gasteiger partial charge in [0.1, 0.15) is 5.78 Å². The molecule has 2 fully saturated rings. The predicted octanol–water partition coefficient (Wildman–Crippen LogP) is 3.28. The van der Waals surface area contributed by atoms with Crippen LogP contribution in [0.4, 0.5) is 0 Å². The SMILES string of the molecule is Cc1ccc(C)c(C(=O)N2CCCC2C2CCCC2=O)c1. The van der Waals surface area contributed by atoms with E-state index in [1.807, 2.05) is 36.9 Å². The van der Waals surface area contributed by atoms with Gasteiger partial charge >= 0.3 is 0 Å². The van der Waals surface area contributed by atoms with Gasteiger partial charge in [0.15, 0.2) is 0 Å². The summed E-state index contributed by atoms with van der Waals surface area (Å²) in [6.45, 7) is 4.79. The Morgan fingerprint density at radius 1 is 1.19 bits per heavy atom. The molecule has 1 heterocycles. The Bertz CT molecular complexity index is 579. The van der Waals surface area contributed by atoms with Gasteiger partial charge in [-0.3, -0.25) is 9.59 Å². The average Bonchev–Trinajstić information content (AvgIpc) is 3.08. The van der Waals surface area contributed by atoms with Crippen molar-refractivity contribution in [3.05, 3.63) is 34.9 Å². The van der Waals surface area contributed by atoms with Crippen molar-refractivity contribution in [1.82, 2.24) is 4.90 Å². The summed E-state index contributed by atoms with van der Waals surface area (Å²) in [6, 6.07) is 6.15. The van der Waals surface area contributed by atoms with Gasteiger partial charge < -0.3 is 4.90 Å². The molecule has 1 aliphatic heterocycles. The molecule has 0 aromatic heterocycles. The predicted molar refractivity (Wildman–Crippen MR) is 82.3 cm³/mol. The third-order valence-corrected chi connectivity index (χ3v) is 5.00. The van der Waals surface area contributed by atoms with E-state index in [1.54, 1.807) is 0 Å². The van der Waals surface area contributed by atoms with E-state index in [1.165, 1.54) is 0 Å². The number of likely N-dealkylation sites (tertiary alicyclic amines) is 1. The highest BCUT2D eigenvalue weighted by molar-refractivity contribution is 5.96. The number of nitrogens with zero attached hydrogens (tertiary/aromatic N) is 1. The molecule has 112 valence electrons. The van der Waals surface area contributed by atoms with Crippen molar-refractivity contribution in [2.75, 3.05) is 6.54 Å². The fraction of sp³-hybridized carbons (Fsp3) is 0.556. The topological polar surface area (TPSA) is 37.4 Å². The van der Waals surface area contributed by atoms with Gasteiger partial charge in [-0.05, 0) is 51.2 Å². The maximum absolute atomic E-state index is 12.9. The molecule has 1 aromatic rings. The van der Waals surface area contributed by atoms with E-state index in [9.17, 15) is 9.59 Å². The number of carbonyl (C=O) groups is 2. The number of amides is 1. The number of Topliss-reactive ketones (excluding diaryl/α,β-unsaturated/α-hetero) is 1. The van der Waals surface area contributed by atoms with Crippen LogP contribution in [0.2, 0.25) is 0 Å². The maximum atomic E-state index is 12.9. The largest absolute Gasteiger partial charge is 0.335 e. The van der Waals surface area contributed by atoms with Crippen molar-refractivity contribution >= 4 is 11.7 Å². The van der Waals surface area contributed by atoms with E-state index in [-0.39, 0.29) is 17.9 Å². The quantitative estimate of drug-likeness (QED) is 0.836. The van der Waals surface area contributed by atoms with E-state index < -0.39 is 0 Å². The van der Waals surface area contributed by atoms with Crippen LogP contribution in [0.25, 0.3) is 0 Å². The number of ketones is 1. The van der Waals surface area contributed by atoms with Gasteiger partial charge in [0.05, 0.1) is 0 Å². The van der Waals surface area contributed by atoms with Gasteiger partial charge in [0.2, 0.25) is 0 Å². The summed E-state index contributed by atoms with van der Waals surface area (Å²) < 4.78 is 0. The molecule has 1 aromatic carbocycles. The summed E-state index contributed by atoms with van der Waals surface area (Å²) in [5.74, 6) is 0.556. The highest BCUT2D eigenvalue weighted by atomic mass is 16.2.